The molecule has 0 aliphatic carbocycles. The van der Waals surface area contributed by atoms with Crippen molar-refractivity contribution in [2.75, 3.05) is 64.8 Å². The predicted molar refractivity (Wildman–Crippen MR) is 141 cm³/mol. The Morgan fingerprint density at radius 1 is 0.943 bits per heavy atom. The number of aliphatic hydroxyl groups is 1. The number of piperidine rings is 1. The summed E-state index contributed by atoms with van der Waals surface area (Å²) in [6.45, 7) is 6.86. The van der Waals surface area contributed by atoms with E-state index in [2.05, 4.69) is 65.2 Å². The number of nitrogens with zero attached hydrogens (tertiary/aromatic N) is 4. The van der Waals surface area contributed by atoms with Crippen LogP contribution in [0.25, 0.3) is 0 Å². The maximum Gasteiger partial charge on any atom is 0.254 e. The third-order valence-corrected chi connectivity index (χ3v) is 7.97. The Balaban J connectivity index is 1.15. The van der Waals surface area contributed by atoms with Gasteiger partial charge in [-0.2, -0.15) is 0 Å². The average Bonchev–Trinajstić information content (AvgIpc) is 2.85. The highest BCUT2D eigenvalue weighted by atomic mass is 16.3. The Hall–Kier alpha value is -2.41. The maximum absolute atomic E-state index is 13.2. The Bertz CT molecular complexity index is 1030. The van der Waals surface area contributed by atoms with Gasteiger partial charge in [-0.05, 0) is 80.6 Å². The molecular formula is C29H40N4O2. The lowest BCUT2D eigenvalue weighted by Gasteiger charge is -2.36. The molecule has 3 aliphatic rings. The maximum atomic E-state index is 13.2. The molecule has 1 atom stereocenters. The van der Waals surface area contributed by atoms with Crippen LogP contribution in [0.5, 0.6) is 0 Å². The SMILES string of the molecule is CN(C)CC1CCN(c2ccc3c(c2)CCN(CC(O)CN2CCc4ccccc4C2)C3=O)CC1. The molecule has 0 spiro atoms. The highest BCUT2D eigenvalue weighted by molar-refractivity contribution is 5.97. The van der Waals surface area contributed by atoms with Crippen molar-refractivity contribution in [2.24, 2.45) is 5.92 Å². The molecule has 2 aromatic rings. The van der Waals surface area contributed by atoms with Crippen LogP contribution in [0.15, 0.2) is 42.5 Å². The first-order valence-electron chi connectivity index (χ1n) is 13.3. The molecule has 1 unspecified atom stereocenters. The van der Waals surface area contributed by atoms with E-state index in [1.807, 2.05) is 11.0 Å². The second kappa shape index (κ2) is 10.7. The van der Waals surface area contributed by atoms with Crippen LogP contribution >= 0.6 is 0 Å². The largest absolute Gasteiger partial charge is 0.390 e. The lowest BCUT2D eigenvalue weighted by atomic mass is 9.94. The van der Waals surface area contributed by atoms with Crippen molar-refractivity contribution < 1.29 is 9.90 Å². The van der Waals surface area contributed by atoms with E-state index in [0.717, 1.165) is 56.1 Å². The normalized spacial score (nSPS) is 20.2. The van der Waals surface area contributed by atoms with E-state index in [-0.39, 0.29) is 5.91 Å². The molecule has 3 heterocycles. The van der Waals surface area contributed by atoms with Gasteiger partial charge in [0.1, 0.15) is 0 Å². The molecule has 0 radical (unpaired) electrons. The molecule has 1 N–H and O–H groups in total. The number of amides is 1. The molecule has 3 aliphatic heterocycles. The minimum atomic E-state index is -0.534. The van der Waals surface area contributed by atoms with E-state index in [4.69, 9.17) is 0 Å². The van der Waals surface area contributed by atoms with Crippen LogP contribution in [-0.4, -0.2) is 91.7 Å². The Morgan fingerprint density at radius 2 is 1.69 bits per heavy atom. The minimum absolute atomic E-state index is 0.0607. The fourth-order valence-electron chi connectivity index (χ4n) is 6.10. The molecule has 2 aromatic carbocycles. The zero-order valence-electron chi connectivity index (χ0n) is 21.3. The molecule has 35 heavy (non-hydrogen) atoms. The molecule has 0 bridgehead atoms. The van der Waals surface area contributed by atoms with Crippen molar-refractivity contribution in [1.29, 1.82) is 0 Å². The number of rotatable bonds is 7. The summed E-state index contributed by atoms with van der Waals surface area (Å²) in [5, 5.41) is 10.8. The first-order chi connectivity index (χ1) is 17.0. The predicted octanol–water partition coefficient (Wildman–Crippen LogP) is 2.88. The van der Waals surface area contributed by atoms with E-state index in [1.165, 1.54) is 36.2 Å². The Kier molecular flexibility index (Phi) is 7.42. The summed E-state index contributed by atoms with van der Waals surface area (Å²) in [6, 6.07) is 14.9. The van der Waals surface area contributed by atoms with Gasteiger partial charge in [0.05, 0.1) is 6.10 Å². The van der Waals surface area contributed by atoms with Crippen molar-refractivity contribution >= 4 is 11.6 Å². The van der Waals surface area contributed by atoms with Gasteiger partial charge in [0.25, 0.3) is 5.91 Å². The average molecular weight is 477 g/mol. The van der Waals surface area contributed by atoms with Crippen LogP contribution < -0.4 is 4.90 Å². The number of β-amino-alcohol motifs (C(OH)–C–C–N with tert-alkyl or cyclic N) is 1. The molecule has 1 amide bonds. The molecule has 1 fully saturated rings. The van der Waals surface area contributed by atoms with Crippen molar-refractivity contribution in [3.8, 4) is 0 Å². The van der Waals surface area contributed by atoms with Crippen LogP contribution in [0.1, 0.15) is 39.9 Å². The summed E-state index contributed by atoms with van der Waals surface area (Å²) in [7, 11) is 4.31. The zero-order chi connectivity index (χ0) is 24.4. The van der Waals surface area contributed by atoms with E-state index < -0.39 is 6.10 Å². The number of aliphatic hydroxyl groups excluding tert-OH is 1. The Labute approximate surface area is 210 Å². The fourth-order valence-corrected chi connectivity index (χ4v) is 6.10. The van der Waals surface area contributed by atoms with E-state index in [9.17, 15) is 9.90 Å². The zero-order valence-corrected chi connectivity index (χ0v) is 21.3. The fraction of sp³-hybridized carbons (Fsp3) is 0.552. The molecule has 6 nitrogen and oxygen atoms in total. The summed E-state index contributed by atoms with van der Waals surface area (Å²) in [6.07, 6.45) is 3.79. The monoisotopic (exact) mass is 476 g/mol. The van der Waals surface area contributed by atoms with Gasteiger partial charge in [-0.3, -0.25) is 9.69 Å². The van der Waals surface area contributed by atoms with Crippen molar-refractivity contribution in [3.05, 3.63) is 64.7 Å². The number of fused-ring (bicyclic) bond motifs is 2. The Morgan fingerprint density at radius 3 is 2.46 bits per heavy atom. The summed E-state index contributed by atoms with van der Waals surface area (Å²) in [5.41, 5.74) is 5.98. The van der Waals surface area contributed by atoms with E-state index >= 15 is 0 Å². The standard InChI is InChI=1S/C29H40N4O2/c1-30(2)18-22-9-14-32(15-10-22)26-7-8-28-24(17-26)12-16-33(29(28)35)21-27(34)20-31-13-11-23-5-3-4-6-25(23)19-31/h3-8,17,22,27,34H,9-16,18-21H2,1-2H3. The molecule has 0 aromatic heterocycles. The van der Waals surface area contributed by atoms with Gasteiger partial charge in [-0.25, -0.2) is 0 Å². The summed E-state index contributed by atoms with van der Waals surface area (Å²) in [4.78, 5) is 22.1. The first-order valence-corrected chi connectivity index (χ1v) is 13.3. The third-order valence-electron chi connectivity index (χ3n) is 7.97. The van der Waals surface area contributed by atoms with Crippen LogP contribution in [-0.2, 0) is 19.4 Å². The topological polar surface area (TPSA) is 50.3 Å². The van der Waals surface area contributed by atoms with Crippen molar-refractivity contribution in [1.82, 2.24) is 14.7 Å². The first kappa shape index (κ1) is 24.3. The van der Waals surface area contributed by atoms with Gasteiger partial charge >= 0.3 is 0 Å². The van der Waals surface area contributed by atoms with Crippen molar-refractivity contribution in [3.63, 3.8) is 0 Å². The van der Waals surface area contributed by atoms with E-state index in [1.54, 1.807) is 0 Å². The molecule has 5 rings (SSSR count). The van der Waals surface area contributed by atoms with Gasteiger partial charge in [-0.1, -0.05) is 24.3 Å². The van der Waals surface area contributed by atoms with Crippen LogP contribution in [0.4, 0.5) is 5.69 Å². The number of benzene rings is 2. The van der Waals surface area contributed by atoms with Gasteiger partial charge in [0.15, 0.2) is 0 Å². The molecule has 188 valence electrons. The summed E-state index contributed by atoms with van der Waals surface area (Å²) in [5.74, 6) is 0.839. The third kappa shape index (κ3) is 5.71. The van der Waals surface area contributed by atoms with Gasteiger partial charge < -0.3 is 19.8 Å². The second-order valence-corrected chi connectivity index (χ2v) is 10.9. The molecular weight excluding hydrogens is 436 g/mol. The highest BCUT2D eigenvalue weighted by Gasteiger charge is 2.28. The molecule has 0 saturated carbocycles. The number of hydrogen-bond acceptors (Lipinski definition) is 5. The van der Waals surface area contributed by atoms with Crippen molar-refractivity contribution in [2.45, 2.75) is 38.3 Å². The van der Waals surface area contributed by atoms with Gasteiger partial charge in [0.2, 0.25) is 0 Å². The summed E-state index contributed by atoms with van der Waals surface area (Å²) < 4.78 is 0. The second-order valence-electron chi connectivity index (χ2n) is 10.9. The molecule has 6 heteroatoms. The highest BCUT2D eigenvalue weighted by Crippen LogP contribution is 2.28. The molecule has 1 saturated heterocycles. The van der Waals surface area contributed by atoms with Crippen LogP contribution in [0.3, 0.4) is 0 Å². The summed E-state index contributed by atoms with van der Waals surface area (Å²) >= 11 is 0. The lowest BCUT2D eigenvalue weighted by Crippen LogP contribution is -2.46. The number of anilines is 1. The van der Waals surface area contributed by atoms with Gasteiger partial charge in [0, 0.05) is 63.6 Å². The number of carbonyl (C=O) groups excluding carboxylic acids is 1. The number of carbonyl (C=O) groups is 1. The quantitative estimate of drug-likeness (QED) is 0.666. The van der Waals surface area contributed by atoms with E-state index in [0.29, 0.717) is 19.6 Å². The van der Waals surface area contributed by atoms with Crippen LogP contribution in [0, 0.1) is 5.92 Å². The number of hydrogen-bond donors (Lipinski definition) is 1. The lowest BCUT2D eigenvalue weighted by molar-refractivity contribution is 0.0493. The van der Waals surface area contributed by atoms with Crippen LogP contribution in [0.2, 0.25) is 0 Å². The smallest absolute Gasteiger partial charge is 0.254 e. The van der Waals surface area contributed by atoms with Gasteiger partial charge in [-0.15, -0.1) is 0 Å². The minimum Gasteiger partial charge on any atom is -0.390 e.